The second-order valence-corrected chi connectivity index (χ2v) is 4.43. The van der Waals surface area contributed by atoms with Crippen molar-refractivity contribution in [1.82, 2.24) is 10.2 Å². The van der Waals surface area contributed by atoms with Crippen LogP contribution < -0.4 is 5.32 Å². The Hall–Kier alpha value is -0.610. The summed E-state index contributed by atoms with van der Waals surface area (Å²) in [5.74, 6) is 0.272. The average Bonchev–Trinajstić information content (AvgIpc) is 2.78. The molecule has 4 heteroatoms. The Labute approximate surface area is 91.0 Å². The van der Waals surface area contributed by atoms with E-state index in [1.807, 2.05) is 4.90 Å². The zero-order valence-electron chi connectivity index (χ0n) is 9.37. The van der Waals surface area contributed by atoms with Crippen molar-refractivity contribution in [3.8, 4) is 0 Å². The van der Waals surface area contributed by atoms with E-state index in [1.165, 1.54) is 12.8 Å². The Morgan fingerprint density at radius 3 is 2.87 bits per heavy atom. The maximum Gasteiger partial charge on any atom is 0.239 e. The van der Waals surface area contributed by atoms with E-state index in [4.69, 9.17) is 4.74 Å². The van der Waals surface area contributed by atoms with Gasteiger partial charge < -0.3 is 15.0 Å². The van der Waals surface area contributed by atoms with E-state index in [0.717, 1.165) is 32.5 Å². The van der Waals surface area contributed by atoms with Crippen LogP contribution in [0.25, 0.3) is 0 Å². The number of methoxy groups -OCH3 is 1. The molecular formula is C11H20N2O2. The highest BCUT2D eigenvalue weighted by Gasteiger charge is 2.31. The van der Waals surface area contributed by atoms with Crippen LogP contribution in [0.15, 0.2) is 0 Å². The minimum atomic E-state index is 0.0642. The standard InChI is InChI=1S/C11H20N2O2/c1-15-9-5-7-13(8-9)11(14)10-4-2-3-6-12-10/h9-10,12H,2-8H2,1H3/t9-,10-/m0/s1. The van der Waals surface area contributed by atoms with Crippen molar-refractivity contribution in [1.29, 1.82) is 0 Å². The van der Waals surface area contributed by atoms with E-state index < -0.39 is 0 Å². The Bertz CT molecular complexity index is 227. The van der Waals surface area contributed by atoms with Crippen LogP contribution in [-0.4, -0.2) is 49.7 Å². The Kier molecular flexibility index (Phi) is 3.59. The van der Waals surface area contributed by atoms with Crippen LogP contribution in [0.1, 0.15) is 25.7 Å². The van der Waals surface area contributed by atoms with Gasteiger partial charge in [0, 0.05) is 20.2 Å². The fraction of sp³-hybridized carbons (Fsp3) is 0.909. The van der Waals surface area contributed by atoms with E-state index >= 15 is 0 Å². The van der Waals surface area contributed by atoms with E-state index in [-0.39, 0.29) is 18.1 Å². The average molecular weight is 212 g/mol. The summed E-state index contributed by atoms with van der Waals surface area (Å²) < 4.78 is 5.26. The van der Waals surface area contributed by atoms with Crippen molar-refractivity contribution < 1.29 is 9.53 Å². The van der Waals surface area contributed by atoms with Gasteiger partial charge in [0.2, 0.25) is 5.91 Å². The van der Waals surface area contributed by atoms with Gasteiger partial charge in [0.15, 0.2) is 0 Å². The minimum absolute atomic E-state index is 0.0642. The highest BCUT2D eigenvalue weighted by Crippen LogP contribution is 2.16. The highest BCUT2D eigenvalue weighted by molar-refractivity contribution is 5.82. The number of carbonyl (C=O) groups excluding carboxylic acids is 1. The number of carbonyl (C=O) groups is 1. The topological polar surface area (TPSA) is 41.6 Å². The first-order valence-electron chi connectivity index (χ1n) is 5.86. The van der Waals surface area contributed by atoms with Gasteiger partial charge in [-0.2, -0.15) is 0 Å². The third kappa shape index (κ3) is 2.49. The number of hydrogen-bond donors (Lipinski definition) is 1. The van der Waals surface area contributed by atoms with Gasteiger partial charge in [0.25, 0.3) is 0 Å². The summed E-state index contributed by atoms with van der Waals surface area (Å²) >= 11 is 0. The molecule has 15 heavy (non-hydrogen) atoms. The van der Waals surface area contributed by atoms with Gasteiger partial charge in [-0.1, -0.05) is 6.42 Å². The summed E-state index contributed by atoms with van der Waals surface area (Å²) in [6, 6.07) is 0.0642. The van der Waals surface area contributed by atoms with Crippen LogP contribution >= 0.6 is 0 Å². The van der Waals surface area contributed by atoms with Crippen molar-refractivity contribution >= 4 is 5.91 Å². The molecule has 0 aromatic rings. The smallest absolute Gasteiger partial charge is 0.239 e. The molecule has 4 nitrogen and oxygen atoms in total. The van der Waals surface area contributed by atoms with Gasteiger partial charge in [-0.25, -0.2) is 0 Å². The molecule has 2 rings (SSSR count). The SMILES string of the molecule is CO[C@H]1CCN(C(=O)[C@@H]2CCCCN2)C1. The van der Waals surface area contributed by atoms with E-state index in [9.17, 15) is 4.79 Å². The fourth-order valence-corrected chi connectivity index (χ4v) is 2.40. The summed E-state index contributed by atoms with van der Waals surface area (Å²) in [5, 5.41) is 3.30. The summed E-state index contributed by atoms with van der Waals surface area (Å²) in [7, 11) is 1.72. The third-order valence-electron chi connectivity index (χ3n) is 3.40. The summed E-state index contributed by atoms with van der Waals surface area (Å²) in [4.78, 5) is 14.0. The van der Waals surface area contributed by atoms with E-state index in [1.54, 1.807) is 7.11 Å². The first-order chi connectivity index (χ1) is 7.31. The van der Waals surface area contributed by atoms with Crippen LogP contribution in [0.3, 0.4) is 0 Å². The van der Waals surface area contributed by atoms with Gasteiger partial charge in [-0.05, 0) is 25.8 Å². The summed E-state index contributed by atoms with van der Waals surface area (Å²) in [5.41, 5.74) is 0. The molecule has 86 valence electrons. The van der Waals surface area contributed by atoms with Crippen LogP contribution in [0.2, 0.25) is 0 Å². The second-order valence-electron chi connectivity index (χ2n) is 4.43. The van der Waals surface area contributed by atoms with Crippen molar-refractivity contribution in [2.75, 3.05) is 26.7 Å². The van der Waals surface area contributed by atoms with Crippen molar-refractivity contribution in [2.24, 2.45) is 0 Å². The maximum absolute atomic E-state index is 12.1. The number of ether oxygens (including phenoxy) is 1. The zero-order chi connectivity index (χ0) is 10.7. The fourth-order valence-electron chi connectivity index (χ4n) is 2.40. The molecule has 0 spiro atoms. The molecule has 2 fully saturated rings. The number of nitrogens with one attached hydrogen (secondary N) is 1. The lowest BCUT2D eigenvalue weighted by Crippen LogP contribution is -2.48. The predicted octanol–water partition coefficient (Wildman–Crippen LogP) is 0.376. The van der Waals surface area contributed by atoms with Crippen molar-refractivity contribution in [3.05, 3.63) is 0 Å². The molecule has 0 aromatic carbocycles. The Morgan fingerprint density at radius 1 is 1.40 bits per heavy atom. The van der Waals surface area contributed by atoms with Crippen LogP contribution in [-0.2, 0) is 9.53 Å². The van der Waals surface area contributed by atoms with Gasteiger partial charge in [-0.15, -0.1) is 0 Å². The van der Waals surface area contributed by atoms with Crippen molar-refractivity contribution in [2.45, 2.75) is 37.8 Å². The molecule has 2 saturated heterocycles. The molecule has 0 aromatic heterocycles. The molecule has 2 heterocycles. The number of nitrogens with zero attached hydrogens (tertiary/aromatic N) is 1. The molecular weight excluding hydrogens is 192 g/mol. The lowest BCUT2D eigenvalue weighted by atomic mass is 10.0. The van der Waals surface area contributed by atoms with Gasteiger partial charge >= 0.3 is 0 Å². The van der Waals surface area contributed by atoms with Gasteiger partial charge in [-0.3, -0.25) is 4.79 Å². The molecule has 2 aliphatic heterocycles. The molecule has 2 atom stereocenters. The van der Waals surface area contributed by atoms with Crippen LogP contribution in [0.4, 0.5) is 0 Å². The van der Waals surface area contributed by atoms with Gasteiger partial charge in [0.1, 0.15) is 0 Å². The number of rotatable bonds is 2. The monoisotopic (exact) mass is 212 g/mol. The predicted molar refractivity (Wildman–Crippen MR) is 57.6 cm³/mol. The van der Waals surface area contributed by atoms with E-state index in [2.05, 4.69) is 5.32 Å². The minimum Gasteiger partial charge on any atom is -0.380 e. The molecule has 1 N–H and O–H groups in total. The van der Waals surface area contributed by atoms with E-state index in [0.29, 0.717) is 0 Å². The summed E-state index contributed by atoms with van der Waals surface area (Å²) in [6.07, 6.45) is 4.59. The molecule has 0 saturated carbocycles. The van der Waals surface area contributed by atoms with Crippen LogP contribution in [0.5, 0.6) is 0 Å². The molecule has 2 aliphatic rings. The molecule has 0 radical (unpaired) electrons. The largest absolute Gasteiger partial charge is 0.380 e. The first-order valence-corrected chi connectivity index (χ1v) is 5.86. The first kappa shape index (κ1) is 10.9. The van der Waals surface area contributed by atoms with Crippen molar-refractivity contribution in [3.63, 3.8) is 0 Å². The third-order valence-corrected chi connectivity index (χ3v) is 3.40. The zero-order valence-corrected chi connectivity index (χ0v) is 9.37. The molecule has 0 aliphatic carbocycles. The Morgan fingerprint density at radius 2 is 2.27 bits per heavy atom. The molecule has 1 amide bonds. The number of piperidine rings is 1. The Balaban J connectivity index is 1.85. The number of amides is 1. The van der Waals surface area contributed by atoms with Gasteiger partial charge in [0.05, 0.1) is 12.1 Å². The molecule has 0 bridgehead atoms. The van der Waals surface area contributed by atoms with Crippen LogP contribution in [0, 0.1) is 0 Å². The highest BCUT2D eigenvalue weighted by atomic mass is 16.5. The lowest BCUT2D eigenvalue weighted by Gasteiger charge is -2.27. The second kappa shape index (κ2) is 4.94. The summed E-state index contributed by atoms with van der Waals surface area (Å²) in [6.45, 7) is 2.61. The lowest BCUT2D eigenvalue weighted by molar-refractivity contribution is -0.133. The quantitative estimate of drug-likeness (QED) is 0.719. The number of hydrogen-bond acceptors (Lipinski definition) is 3. The normalized spacial score (nSPS) is 31.9. The molecule has 0 unspecified atom stereocenters. The number of likely N-dealkylation sites (tertiary alicyclic amines) is 1. The maximum atomic E-state index is 12.1.